The minimum Gasteiger partial charge on any atom is -0.496 e. The Morgan fingerprint density at radius 2 is 1.83 bits per heavy atom. The fraction of sp³-hybridized carbons (Fsp3) is 0.158. The predicted octanol–water partition coefficient (Wildman–Crippen LogP) is 3.66. The highest BCUT2D eigenvalue weighted by Gasteiger charge is 2.24. The SMILES string of the molecule is COc1ccc(/C=C2/N=C(c3ccc(C)cc3)OC2=O)cc1C. The summed E-state index contributed by atoms with van der Waals surface area (Å²) < 4.78 is 10.5. The van der Waals surface area contributed by atoms with E-state index in [0.717, 1.165) is 28.0 Å². The van der Waals surface area contributed by atoms with Gasteiger partial charge in [0.1, 0.15) is 5.75 Å². The minimum atomic E-state index is -0.436. The highest BCUT2D eigenvalue weighted by Crippen LogP contribution is 2.23. The van der Waals surface area contributed by atoms with Crippen LogP contribution in [-0.4, -0.2) is 19.0 Å². The first-order chi connectivity index (χ1) is 11.1. The number of rotatable bonds is 3. The molecule has 0 fully saturated rings. The molecular weight excluding hydrogens is 290 g/mol. The molecule has 0 radical (unpaired) electrons. The van der Waals surface area contributed by atoms with Crippen molar-refractivity contribution in [3.63, 3.8) is 0 Å². The van der Waals surface area contributed by atoms with Crippen LogP contribution in [0.25, 0.3) is 6.08 Å². The first kappa shape index (κ1) is 15.0. The lowest BCUT2D eigenvalue weighted by atomic mass is 10.1. The van der Waals surface area contributed by atoms with Gasteiger partial charge in [0.15, 0.2) is 5.70 Å². The van der Waals surface area contributed by atoms with Gasteiger partial charge in [-0.15, -0.1) is 0 Å². The van der Waals surface area contributed by atoms with Crippen molar-refractivity contribution in [1.29, 1.82) is 0 Å². The second-order valence-electron chi connectivity index (χ2n) is 5.43. The van der Waals surface area contributed by atoms with Crippen LogP contribution in [-0.2, 0) is 9.53 Å². The fourth-order valence-electron chi connectivity index (χ4n) is 2.38. The molecule has 0 amide bonds. The van der Waals surface area contributed by atoms with Crippen LogP contribution in [0.2, 0.25) is 0 Å². The zero-order valence-corrected chi connectivity index (χ0v) is 13.3. The van der Waals surface area contributed by atoms with E-state index >= 15 is 0 Å². The number of nitrogens with zero attached hydrogens (tertiary/aromatic N) is 1. The van der Waals surface area contributed by atoms with Gasteiger partial charge in [0.25, 0.3) is 0 Å². The summed E-state index contributed by atoms with van der Waals surface area (Å²) in [5, 5.41) is 0. The molecule has 0 N–H and O–H groups in total. The number of ether oxygens (including phenoxy) is 2. The molecule has 4 nitrogen and oxygen atoms in total. The van der Waals surface area contributed by atoms with Crippen molar-refractivity contribution in [2.45, 2.75) is 13.8 Å². The summed E-state index contributed by atoms with van der Waals surface area (Å²) in [4.78, 5) is 16.3. The molecule has 0 aromatic heterocycles. The van der Waals surface area contributed by atoms with E-state index in [1.54, 1.807) is 13.2 Å². The number of aryl methyl sites for hydroxylation is 2. The Balaban J connectivity index is 1.91. The van der Waals surface area contributed by atoms with Gasteiger partial charge in [-0.25, -0.2) is 9.79 Å². The average Bonchev–Trinajstić information content (AvgIpc) is 2.89. The maximum Gasteiger partial charge on any atom is 0.363 e. The molecule has 0 saturated heterocycles. The van der Waals surface area contributed by atoms with E-state index in [2.05, 4.69) is 4.99 Å². The lowest BCUT2D eigenvalue weighted by Crippen LogP contribution is -2.05. The van der Waals surface area contributed by atoms with Crippen LogP contribution in [0.15, 0.2) is 53.2 Å². The van der Waals surface area contributed by atoms with Gasteiger partial charge in [0.2, 0.25) is 5.90 Å². The Morgan fingerprint density at radius 3 is 2.48 bits per heavy atom. The third-order valence-corrected chi connectivity index (χ3v) is 3.64. The van der Waals surface area contributed by atoms with Crippen LogP contribution >= 0.6 is 0 Å². The molecule has 2 aromatic rings. The lowest BCUT2D eigenvalue weighted by Gasteiger charge is -2.04. The first-order valence-electron chi connectivity index (χ1n) is 7.31. The molecule has 0 aliphatic carbocycles. The summed E-state index contributed by atoms with van der Waals surface area (Å²) in [6.45, 7) is 3.96. The Labute approximate surface area is 135 Å². The maximum absolute atomic E-state index is 12.0. The number of methoxy groups -OCH3 is 1. The normalized spacial score (nSPS) is 15.5. The summed E-state index contributed by atoms with van der Waals surface area (Å²) in [7, 11) is 1.63. The lowest BCUT2D eigenvalue weighted by molar-refractivity contribution is -0.129. The molecule has 23 heavy (non-hydrogen) atoms. The number of carbonyl (C=O) groups excluding carboxylic acids is 1. The molecule has 0 bridgehead atoms. The van der Waals surface area contributed by atoms with E-state index in [9.17, 15) is 4.79 Å². The third kappa shape index (κ3) is 3.16. The van der Waals surface area contributed by atoms with E-state index in [4.69, 9.17) is 9.47 Å². The van der Waals surface area contributed by atoms with Crippen molar-refractivity contribution in [2.75, 3.05) is 7.11 Å². The van der Waals surface area contributed by atoms with E-state index in [0.29, 0.717) is 11.6 Å². The number of aliphatic imine (C=N–C) groups is 1. The predicted molar refractivity (Wildman–Crippen MR) is 89.5 cm³/mol. The number of carbonyl (C=O) groups is 1. The topological polar surface area (TPSA) is 47.9 Å². The summed E-state index contributed by atoms with van der Waals surface area (Å²) >= 11 is 0. The highest BCUT2D eigenvalue weighted by atomic mass is 16.6. The van der Waals surface area contributed by atoms with Crippen LogP contribution in [0.5, 0.6) is 5.75 Å². The molecule has 4 heteroatoms. The minimum absolute atomic E-state index is 0.296. The molecule has 1 aliphatic heterocycles. The van der Waals surface area contributed by atoms with Crippen molar-refractivity contribution >= 4 is 17.9 Å². The summed E-state index contributed by atoms with van der Waals surface area (Å²) in [5.41, 5.74) is 4.10. The molecule has 1 heterocycles. The number of esters is 1. The van der Waals surface area contributed by atoms with Crippen molar-refractivity contribution in [2.24, 2.45) is 4.99 Å². The monoisotopic (exact) mass is 307 g/mol. The summed E-state index contributed by atoms with van der Waals surface area (Å²) in [6.07, 6.45) is 1.72. The van der Waals surface area contributed by atoms with E-state index in [-0.39, 0.29) is 0 Å². The molecule has 3 rings (SSSR count). The van der Waals surface area contributed by atoms with Crippen molar-refractivity contribution in [3.05, 3.63) is 70.4 Å². The first-order valence-corrected chi connectivity index (χ1v) is 7.31. The van der Waals surface area contributed by atoms with Gasteiger partial charge < -0.3 is 9.47 Å². The number of cyclic esters (lactones) is 1. The molecule has 2 aromatic carbocycles. The van der Waals surface area contributed by atoms with E-state index in [1.165, 1.54) is 0 Å². The number of hydrogen-bond donors (Lipinski definition) is 0. The van der Waals surface area contributed by atoms with Crippen LogP contribution < -0.4 is 4.74 Å². The van der Waals surface area contributed by atoms with Crippen molar-refractivity contribution in [1.82, 2.24) is 0 Å². The molecule has 116 valence electrons. The van der Waals surface area contributed by atoms with Crippen molar-refractivity contribution in [3.8, 4) is 5.75 Å². The molecule has 0 saturated carbocycles. The average molecular weight is 307 g/mol. The smallest absolute Gasteiger partial charge is 0.363 e. The number of benzene rings is 2. The van der Waals surface area contributed by atoms with Gasteiger partial charge >= 0.3 is 5.97 Å². The largest absolute Gasteiger partial charge is 0.496 e. The highest BCUT2D eigenvalue weighted by molar-refractivity contribution is 6.12. The second kappa shape index (κ2) is 6.08. The van der Waals surface area contributed by atoms with Gasteiger partial charge in [-0.3, -0.25) is 0 Å². The van der Waals surface area contributed by atoms with Gasteiger partial charge in [-0.1, -0.05) is 23.8 Å². The van der Waals surface area contributed by atoms with Crippen LogP contribution in [0.4, 0.5) is 0 Å². The van der Waals surface area contributed by atoms with Crippen LogP contribution in [0.1, 0.15) is 22.3 Å². The Hall–Kier alpha value is -2.88. The molecule has 0 spiro atoms. The molecule has 0 atom stereocenters. The molecule has 1 aliphatic rings. The van der Waals surface area contributed by atoms with Gasteiger partial charge in [0, 0.05) is 5.56 Å². The van der Waals surface area contributed by atoms with Gasteiger partial charge in [0.05, 0.1) is 7.11 Å². The van der Waals surface area contributed by atoms with Gasteiger partial charge in [-0.2, -0.15) is 0 Å². The maximum atomic E-state index is 12.0. The Bertz CT molecular complexity index is 817. The summed E-state index contributed by atoms with van der Waals surface area (Å²) in [5.74, 6) is 0.713. The Morgan fingerprint density at radius 1 is 1.09 bits per heavy atom. The third-order valence-electron chi connectivity index (χ3n) is 3.64. The summed E-state index contributed by atoms with van der Waals surface area (Å²) in [6, 6.07) is 13.4. The second-order valence-corrected chi connectivity index (χ2v) is 5.43. The van der Waals surface area contributed by atoms with Crippen LogP contribution in [0, 0.1) is 13.8 Å². The van der Waals surface area contributed by atoms with E-state index in [1.807, 2.05) is 56.3 Å². The quantitative estimate of drug-likeness (QED) is 0.642. The molecule has 0 unspecified atom stereocenters. The van der Waals surface area contributed by atoms with Gasteiger partial charge in [-0.05, 0) is 55.3 Å². The number of hydrogen-bond acceptors (Lipinski definition) is 4. The Kier molecular flexibility index (Phi) is 3.98. The molecular formula is C19H17NO3. The zero-order valence-electron chi connectivity index (χ0n) is 13.3. The van der Waals surface area contributed by atoms with Crippen LogP contribution in [0.3, 0.4) is 0 Å². The zero-order chi connectivity index (χ0) is 16.4. The van der Waals surface area contributed by atoms with E-state index < -0.39 is 5.97 Å². The standard InChI is InChI=1S/C19H17NO3/c1-12-4-7-15(8-5-12)18-20-16(19(21)23-18)11-14-6-9-17(22-3)13(2)10-14/h4-11H,1-3H3/b16-11+. The van der Waals surface area contributed by atoms with Crippen molar-refractivity contribution < 1.29 is 14.3 Å². The fourth-order valence-corrected chi connectivity index (χ4v) is 2.38.